The van der Waals surface area contributed by atoms with Crippen molar-refractivity contribution in [3.63, 3.8) is 0 Å². The van der Waals surface area contributed by atoms with Gasteiger partial charge in [0.25, 0.3) is 0 Å². The molecule has 1 saturated heterocycles. The lowest BCUT2D eigenvalue weighted by atomic mass is 10.1. The largest absolute Gasteiger partial charge is 0.325 e. The number of nitrogens with one attached hydrogen (secondary N) is 2. The monoisotopic (exact) mass is 369 g/mol. The van der Waals surface area contributed by atoms with E-state index in [0.29, 0.717) is 18.7 Å². The molecule has 2 amide bonds. The maximum Gasteiger partial charge on any atom is 0.249 e. The molecule has 1 aliphatic heterocycles. The predicted molar refractivity (Wildman–Crippen MR) is 106 cm³/mol. The van der Waals surface area contributed by atoms with Gasteiger partial charge < -0.3 is 10.6 Å². The van der Waals surface area contributed by atoms with Gasteiger partial charge in [-0.1, -0.05) is 13.3 Å². The summed E-state index contributed by atoms with van der Waals surface area (Å²) in [5.41, 5.74) is 1.42. The van der Waals surface area contributed by atoms with Crippen LogP contribution in [0.1, 0.15) is 38.6 Å². The zero-order valence-electron chi connectivity index (χ0n) is 15.7. The van der Waals surface area contributed by atoms with Crippen molar-refractivity contribution in [1.29, 1.82) is 0 Å². The molecular weight excluding hydrogens is 342 g/mol. The first-order valence-electron chi connectivity index (χ1n) is 9.58. The minimum atomic E-state index is -0.344. The number of hydrogen-bond donors (Lipinski definition) is 2. The Balaban J connectivity index is 1.52. The molecule has 1 fully saturated rings. The minimum absolute atomic E-state index is 0.00147. The maximum atomic E-state index is 12.5. The molecule has 1 atom stereocenters. The molecule has 1 unspecified atom stereocenters. The Bertz CT molecular complexity index is 736. The average Bonchev–Trinajstić information content (AvgIpc) is 3.19. The first-order chi connectivity index (χ1) is 13.2. The first-order valence-corrected chi connectivity index (χ1v) is 9.58. The van der Waals surface area contributed by atoms with Gasteiger partial charge in [0.15, 0.2) is 0 Å². The fourth-order valence-electron chi connectivity index (χ4n) is 3.34. The van der Waals surface area contributed by atoms with Crippen molar-refractivity contribution < 1.29 is 9.59 Å². The summed E-state index contributed by atoms with van der Waals surface area (Å²) in [4.78, 5) is 26.8. The van der Waals surface area contributed by atoms with Crippen molar-refractivity contribution in [3.05, 3.63) is 42.7 Å². The third kappa shape index (κ3) is 5.40. The Hall–Kier alpha value is -2.67. The summed E-state index contributed by atoms with van der Waals surface area (Å²) in [6, 6.07) is 8.66. The van der Waals surface area contributed by atoms with E-state index in [1.807, 2.05) is 6.92 Å². The van der Waals surface area contributed by atoms with E-state index in [4.69, 9.17) is 0 Å². The van der Waals surface area contributed by atoms with Gasteiger partial charge in [-0.15, -0.1) is 0 Å². The number of likely N-dealkylation sites (tertiary alicyclic amines) is 1. The van der Waals surface area contributed by atoms with Gasteiger partial charge in [0.1, 0.15) is 6.04 Å². The Labute approximate surface area is 159 Å². The van der Waals surface area contributed by atoms with Crippen molar-refractivity contribution in [3.8, 4) is 0 Å². The molecule has 1 aromatic heterocycles. The van der Waals surface area contributed by atoms with E-state index in [9.17, 15) is 9.59 Å². The number of amides is 2. The van der Waals surface area contributed by atoms with Crippen molar-refractivity contribution in [2.45, 2.75) is 38.6 Å². The van der Waals surface area contributed by atoms with Crippen LogP contribution in [0.2, 0.25) is 0 Å². The van der Waals surface area contributed by atoms with Crippen molar-refractivity contribution in [2.75, 3.05) is 30.3 Å². The van der Waals surface area contributed by atoms with Crippen molar-refractivity contribution in [2.24, 2.45) is 0 Å². The number of carbonyl (C=O) groups excluding carboxylic acids is 2. The SMILES string of the molecule is CCC(C(=O)Nc1ccc(NC(=O)CN2CCCCC2)cc1)n1cccn1. The first kappa shape index (κ1) is 19.1. The van der Waals surface area contributed by atoms with Gasteiger partial charge >= 0.3 is 0 Å². The van der Waals surface area contributed by atoms with Gasteiger partial charge in [-0.05, 0) is 62.7 Å². The van der Waals surface area contributed by atoms with E-state index in [1.165, 1.54) is 19.3 Å². The fraction of sp³-hybridized carbons (Fsp3) is 0.450. The lowest BCUT2D eigenvalue weighted by molar-refractivity contribution is -0.119. The van der Waals surface area contributed by atoms with Gasteiger partial charge in [0, 0.05) is 23.8 Å². The van der Waals surface area contributed by atoms with Crippen LogP contribution in [0.15, 0.2) is 42.7 Å². The lowest BCUT2D eigenvalue weighted by Crippen LogP contribution is -2.36. The molecule has 144 valence electrons. The summed E-state index contributed by atoms with van der Waals surface area (Å²) >= 11 is 0. The van der Waals surface area contributed by atoms with Gasteiger partial charge in [-0.3, -0.25) is 19.2 Å². The van der Waals surface area contributed by atoms with Crippen LogP contribution in [0, 0.1) is 0 Å². The van der Waals surface area contributed by atoms with Gasteiger partial charge in [0.05, 0.1) is 6.54 Å². The smallest absolute Gasteiger partial charge is 0.249 e. The van der Waals surface area contributed by atoms with E-state index >= 15 is 0 Å². The maximum absolute atomic E-state index is 12.5. The highest BCUT2D eigenvalue weighted by molar-refractivity contribution is 5.95. The van der Waals surface area contributed by atoms with E-state index in [-0.39, 0.29) is 17.9 Å². The molecule has 3 rings (SSSR count). The molecule has 0 bridgehead atoms. The highest BCUT2D eigenvalue weighted by Crippen LogP contribution is 2.17. The normalized spacial score (nSPS) is 15.9. The second kappa shape index (κ2) is 9.32. The summed E-state index contributed by atoms with van der Waals surface area (Å²) in [6.07, 6.45) is 7.69. The Morgan fingerprint density at radius 1 is 1.07 bits per heavy atom. The molecule has 7 heteroatoms. The van der Waals surface area contributed by atoms with Crippen molar-refractivity contribution in [1.82, 2.24) is 14.7 Å². The second-order valence-corrected chi connectivity index (χ2v) is 6.86. The van der Waals surface area contributed by atoms with Crippen LogP contribution in [0.4, 0.5) is 11.4 Å². The molecule has 2 N–H and O–H groups in total. The Kier molecular flexibility index (Phi) is 6.59. The van der Waals surface area contributed by atoms with Crippen LogP contribution in [0.3, 0.4) is 0 Å². The number of aromatic nitrogens is 2. The van der Waals surface area contributed by atoms with E-state index in [1.54, 1.807) is 47.4 Å². The Morgan fingerprint density at radius 2 is 1.74 bits per heavy atom. The van der Waals surface area contributed by atoms with E-state index < -0.39 is 0 Å². The summed E-state index contributed by atoms with van der Waals surface area (Å²) in [6.45, 7) is 4.37. The third-order valence-electron chi connectivity index (χ3n) is 4.79. The molecule has 0 aliphatic carbocycles. The average molecular weight is 369 g/mol. The molecule has 2 aromatic rings. The molecule has 1 aliphatic rings. The van der Waals surface area contributed by atoms with E-state index in [0.717, 1.165) is 18.8 Å². The van der Waals surface area contributed by atoms with Crippen molar-refractivity contribution >= 4 is 23.2 Å². The van der Waals surface area contributed by atoms with Crippen LogP contribution in [-0.2, 0) is 9.59 Å². The zero-order chi connectivity index (χ0) is 19.1. The molecule has 1 aromatic carbocycles. The minimum Gasteiger partial charge on any atom is -0.325 e. The number of rotatable bonds is 7. The molecule has 7 nitrogen and oxygen atoms in total. The molecule has 0 spiro atoms. The molecule has 0 saturated carbocycles. The quantitative estimate of drug-likeness (QED) is 0.786. The summed E-state index contributed by atoms with van der Waals surface area (Å²) in [5, 5.41) is 9.97. The summed E-state index contributed by atoms with van der Waals surface area (Å²) in [7, 11) is 0. The van der Waals surface area contributed by atoms with Crippen LogP contribution >= 0.6 is 0 Å². The number of nitrogens with zero attached hydrogens (tertiary/aromatic N) is 3. The summed E-state index contributed by atoms with van der Waals surface area (Å²) in [5.74, 6) is -0.110. The van der Waals surface area contributed by atoms with E-state index in [2.05, 4.69) is 20.6 Å². The van der Waals surface area contributed by atoms with Crippen LogP contribution in [0.5, 0.6) is 0 Å². The third-order valence-corrected chi connectivity index (χ3v) is 4.79. The number of benzene rings is 1. The molecule has 2 heterocycles. The van der Waals surface area contributed by atoms with Crippen LogP contribution in [0.25, 0.3) is 0 Å². The number of carbonyl (C=O) groups is 2. The zero-order valence-corrected chi connectivity index (χ0v) is 15.7. The molecular formula is C20H27N5O2. The molecule has 27 heavy (non-hydrogen) atoms. The predicted octanol–water partition coefficient (Wildman–Crippen LogP) is 2.90. The lowest BCUT2D eigenvalue weighted by Gasteiger charge is -2.25. The number of piperidine rings is 1. The summed E-state index contributed by atoms with van der Waals surface area (Å²) < 4.78 is 1.66. The fourth-order valence-corrected chi connectivity index (χ4v) is 3.34. The number of hydrogen-bond acceptors (Lipinski definition) is 4. The Morgan fingerprint density at radius 3 is 2.33 bits per heavy atom. The van der Waals surface area contributed by atoms with Gasteiger partial charge in [0.2, 0.25) is 11.8 Å². The van der Waals surface area contributed by atoms with Gasteiger partial charge in [-0.2, -0.15) is 5.10 Å². The van der Waals surface area contributed by atoms with Crippen LogP contribution < -0.4 is 10.6 Å². The highest BCUT2D eigenvalue weighted by atomic mass is 16.2. The highest BCUT2D eigenvalue weighted by Gasteiger charge is 2.19. The van der Waals surface area contributed by atoms with Gasteiger partial charge in [-0.25, -0.2) is 0 Å². The number of anilines is 2. The molecule has 0 radical (unpaired) electrons. The second-order valence-electron chi connectivity index (χ2n) is 6.86. The standard InChI is InChI=1S/C20H27N5O2/c1-2-18(25-14-6-11-21-25)20(27)23-17-9-7-16(8-10-17)22-19(26)15-24-12-4-3-5-13-24/h6-11,14,18H,2-5,12-13,15H2,1H3,(H,22,26)(H,23,27). The topological polar surface area (TPSA) is 79.3 Å². The van der Waals surface area contributed by atoms with Crippen LogP contribution in [-0.4, -0.2) is 46.1 Å².